The van der Waals surface area contributed by atoms with Crippen molar-refractivity contribution in [2.75, 3.05) is 14.1 Å². The molecule has 4 N–H and O–H groups in total. The van der Waals surface area contributed by atoms with Gasteiger partial charge in [-0.15, -0.1) is 0 Å². The summed E-state index contributed by atoms with van der Waals surface area (Å²) in [5.74, 6) is -9.05. The molecule has 1 amide bonds. The van der Waals surface area contributed by atoms with Gasteiger partial charge in [0, 0.05) is 5.92 Å². The number of aliphatic hydroxyl groups is 1. The molecule has 0 spiro atoms. The van der Waals surface area contributed by atoms with Gasteiger partial charge in [0.15, 0.2) is 34.7 Å². The van der Waals surface area contributed by atoms with E-state index in [0.717, 1.165) is 12.0 Å². The molecule has 3 fully saturated rings. The van der Waals surface area contributed by atoms with Gasteiger partial charge in [0.1, 0.15) is 5.75 Å². The Balaban J connectivity index is 1.56. The largest absolute Gasteiger partial charge is 0.507 e. The van der Waals surface area contributed by atoms with Crippen molar-refractivity contribution in [1.29, 1.82) is 0 Å². The third-order valence-corrected chi connectivity index (χ3v) is 9.79. The fourth-order valence-electron chi connectivity index (χ4n) is 7.90. The Hall–Kier alpha value is -2.91. The Morgan fingerprint density at radius 2 is 1.79 bits per heavy atom. The van der Waals surface area contributed by atoms with E-state index in [9.17, 15) is 34.2 Å². The molecule has 4 aliphatic carbocycles. The number of primary amides is 1. The molecule has 0 aromatic heterocycles. The van der Waals surface area contributed by atoms with Crippen molar-refractivity contribution in [2.24, 2.45) is 41.2 Å². The molecule has 7 atom stereocenters. The van der Waals surface area contributed by atoms with Crippen LogP contribution in [0, 0.1) is 35.5 Å². The van der Waals surface area contributed by atoms with Crippen LogP contribution in [0.4, 0.5) is 0 Å². The second-order valence-electron chi connectivity index (χ2n) is 12.1. The highest BCUT2D eigenvalue weighted by molar-refractivity contribution is 6.32. The lowest BCUT2D eigenvalue weighted by atomic mass is 9.52. The minimum Gasteiger partial charge on any atom is -0.507 e. The molecule has 9 heteroatoms. The molecule has 1 aromatic rings. The van der Waals surface area contributed by atoms with Crippen LogP contribution in [0.5, 0.6) is 5.75 Å². The summed E-state index contributed by atoms with van der Waals surface area (Å²) in [6.45, 7) is 2.21. The highest BCUT2D eigenvalue weighted by Gasteiger charge is 2.69. The molecule has 204 valence electrons. The molecule has 0 heterocycles. The van der Waals surface area contributed by atoms with Crippen LogP contribution in [0.2, 0.25) is 0 Å². The summed E-state index contributed by atoms with van der Waals surface area (Å²) in [6.07, 6.45) is 5.93. The van der Waals surface area contributed by atoms with Gasteiger partial charge in [0.05, 0.1) is 17.5 Å². The maximum Gasteiger partial charge on any atom is 0.235 e. The molecule has 38 heavy (non-hydrogen) atoms. The predicted molar refractivity (Wildman–Crippen MR) is 136 cm³/mol. The molecule has 5 rings (SSSR count). The van der Waals surface area contributed by atoms with Crippen molar-refractivity contribution in [1.82, 2.24) is 4.90 Å². The quantitative estimate of drug-likeness (QED) is 0.486. The number of hydrogen-bond acceptors (Lipinski definition) is 8. The minimum atomic E-state index is -2.69. The Labute approximate surface area is 221 Å². The van der Waals surface area contributed by atoms with E-state index < -0.39 is 64.4 Å². The second kappa shape index (κ2) is 9.38. The van der Waals surface area contributed by atoms with E-state index in [1.807, 2.05) is 6.07 Å². The average Bonchev–Trinajstić information content (AvgIpc) is 3.38. The summed E-state index contributed by atoms with van der Waals surface area (Å²) >= 11 is 0. The molecule has 7 unspecified atom stereocenters. The van der Waals surface area contributed by atoms with E-state index in [4.69, 9.17) is 5.73 Å². The number of nitrogens with zero attached hydrogens (tertiary/aromatic N) is 1. The molecule has 0 bridgehead atoms. The van der Waals surface area contributed by atoms with Gasteiger partial charge >= 0.3 is 0 Å². The number of ketones is 4. The molecule has 1 aromatic carbocycles. The fraction of sp³-hybridized carbons (Fsp3) is 0.621. The van der Waals surface area contributed by atoms with Crippen molar-refractivity contribution in [3.63, 3.8) is 0 Å². The van der Waals surface area contributed by atoms with Crippen LogP contribution < -0.4 is 5.73 Å². The zero-order valence-corrected chi connectivity index (χ0v) is 22.1. The van der Waals surface area contributed by atoms with Gasteiger partial charge in [0.25, 0.3) is 0 Å². The molecule has 4 aliphatic rings. The molecule has 3 saturated carbocycles. The Kier molecular flexibility index (Phi) is 6.59. The zero-order valence-electron chi connectivity index (χ0n) is 22.1. The van der Waals surface area contributed by atoms with Crippen molar-refractivity contribution in [2.45, 2.75) is 63.5 Å². The van der Waals surface area contributed by atoms with Crippen LogP contribution in [0.25, 0.3) is 0 Å². The first-order valence-electron chi connectivity index (χ1n) is 13.6. The lowest BCUT2D eigenvalue weighted by molar-refractivity contribution is -0.181. The number of phenols is 1. The highest BCUT2D eigenvalue weighted by Crippen LogP contribution is 2.51. The number of benzene rings is 1. The van der Waals surface area contributed by atoms with Crippen LogP contribution in [0.1, 0.15) is 60.5 Å². The standard InChI is InChI=1S/C29H36N2O7/c1-13(14-6-4-5-7-14)10-15-8-9-19(32)21-17(15)11-16-12-18-23(31(2)3)25(34)22(28(30)37)27(36)29(18,38)26(35)20(16)24(21)33/h8-9,13-14,16,18,20,22-23,32,38H,4-7,10-12H2,1-3H3,(H2,30,37). The number of carbonyl (C=O) groups excluding carboxylic acids is 5. The first-order valence-corrected chi connectivity index (χ1v) is 13.6. The van der Waals surface area contributed by atoms with Crippen LogP contribution >= 0.6 is 0 Å². The maximum atomic E-state index is 13.9. The summed E-state index contributed by atoms with van der Waals surface area (Å²) in [5, 5.41) is 22.4. The van der Waals surface area contributed by atoms with E-state index in [2.05, 4.69) is 6.92 Å². The van der Waals surface area contributed by atoms with Gasteiger partial charge < -0.3 is 15.9 Å². The SMILES string of the molecule is CC(Cc1ccc(O)c2c1CC1CC3C(N(C)C)C(=O)C(C(N)=O)C(=O)C3(O)C(=O)C1C2=O)C1CCCC1. The smallest absolute Gasteiger partial charge is 0.235 e. The lowest BCUT2D eigenvalue weighted by Gasteiger charge is -2.52. The topological polar surface area (TPSA) is 155 Å². The summed E-state index contributed by atoms with van der Waals surface area (Å²) in [4.78, 5) is 67.8. The number of nitrogens with two attached hydrogens (primary N) is 1. The Morgan fingerprint density at radius 3 is 2.39 bits per heavy atom. The lowest BCUT2D eigenvalue weighted by Crippen LogP contribution is -2.74. The van der Waals surface area contributed by atoms with Crippen LogP contribution in [0.15, 0.2) is 12.1 Å². The minimum absolute atomic E-state index is 0.0666. The van der Waals surface area contributed by atoms with Crippen molar-refractivity contribution >= 4 is 29.0 Å². The first kappa shape index (κ1) is 26.7. The molecule has 9 nitrogen and oxygen atoms in total. The van der Waals surface area contributed by atoms with Gasteiger partial charge in [-0.2, -0.15) is 0 Å². The third-order valence-electron chi connectivity index (χ3n) is 9.79. The summed E-state index contributed by atoms with van der Waals surface area (Å²) in [5.41, 5.74) is 4.42. The number of carbonyl (C=O) groups is 5. The van der Waals surface area contributed by atoms with Gasteiger partial charge in [-0.1, -0.05) is 38.7 Å². The predicted octanol–water partition coefficient (Wildman–Crippen LogP) is 1.24. The monoisotopic (exact) mass is 524 g/mol. The Bertz CT molecular complexity index is 1230. The molecule has 0 aliphatic heterocycles. The molecule has 0 saturated heterocycles. The fourth-order valence-corrected chi connectivity index (χ4v) is 7.90. The van der Waals surface area contributed by atoms with Crippen molar-refractivity contribution in [3.05, 3.63) is 28.8 Å². The van der Waals surface area contributed by atoms with Crippen LogP contribution in [0.3, 0.4) is 0 Å². The number of aromatic hydroxyl groups is 1. The number of hydrogen-bond donors (Lipinski definition) is 3. The van der Waals surface area contributed by atoms with Gasteiger partial charge in [-0.25, -0.2) is 0 Å². The number of Topliss-reactive ketones (excluding diaryl/α,β-unsaturated/α-hetero) is 4. The third kappa shape index (κ3) is 3.77. The maximum absolute atomic E-state index is 13.9. The number of amides is 1. The summed E-state index contributed by atoms with van der Waals surface area (Å²) in [7, 11) is 3.16. The van der Waals surface area contributed by atoms with E-state index in [-0.39, 0.29) is 17.7 Å². The normalized spacial score (nSPS) is 34.2. The van der Waals surface area contributed by atoms with Crippen LogP contribution in [-0.2, 0) is 32.0 Å². The Morgan fingerprint density at radius 1 is 1.13 bits per heavy atom. The van der Waals surface area contributed by atoms with E-state index in [1.54, 1.807) is 14.1 Å². The summed E-state index contributed by atoms with van der Waals surface area (Å²) < 4.78 is 0. The number of fused-ring (bicyclic) bond motifs is 3. The van der Waals surface area contributed by atoms with Crippen molar-refractivity contribution < 1.29 is 34.2 Å². The summed E-state index contributed by atoms with van der Waals surface area (Å²) in [6, 6.07) is 2.23. The number of likely N-dealkylation sites (N-methyl/N-ethyl adjacent to an activating group) is 1. The highest BCUT2D eigenvalue weighted by atomic mass is 16.3. The number of rotatable bonds is 5. The number of phenolic OH excluding ortho intramolecular Hbond substituents is 1. The molecule has 0 radical (unpaired) electrons. The zero-order chi connectivity index (χ0) is 27.7. The van der Waals surface area contributed by atoms with Gasteiger partial charge in [-0.05, 0) is 68.3 Å². The van der Waals surface area contributed by atoms with E-state index >= 15 is 0 Å². The second-order valence-corrected chi connectivity index (χ2v) is 12.1. The van der Waals surface area contributed by atoms with E-state index in [0.29, 0.717) is 23.8 Å². The van der Waals surface area contributed by atoms with Gasteiger partial charge in [-0.3, -0.25) is 28.9 Å². The van der Waals surface area contributed by atoms with Gasteiger partial charge in [0.2, 0.25) is 5.91 Å². The average molecular weight is 525 g/mol. The van der Waals surface area contributed by atoms with Crippen LogP contribution in [-0.4, -0.2) is 69.9 Å². The van der Waals surface area contributed by atoms with E-state index in [1.165, 1.54) is 36.6 Å². The molecular formula is C29H36N2O7. The van der Waals surface area contributed by atoms with Crippen molar-refractivity contribution in [3.8, 4) is 5.75 Å². The first-order chi connectivity index (χ1) is 17.9. The molecular weight excluding hydrogens is 488 g/mol.